The van der Waals surface area contributed by atoms with Gasteiger partial charge in [-0.2, -0.15) is 0 Å². The summed E-state index contributed by atoms with van der Waals surface area (Å²) in [5.41, 5.74) is 0. The normalized spacial score (nSPS) is 17.2. The monoisotopic (exact) mass is 281 g/mol. The highest BCUT2D eigenvalue weighted by Gasteiger charge is 2.27. The van der Waals surface area contributed by atoms with E-state index in [9.17, 15) is 4.79 Å². The third-order valence-electron chi connectivity index (χ3n) is 3.68. The van der Waals surface area contributed by atoms with Crippen LogP contribution in [-0.4, -0.2) is 30.0 Å². The molecule has 1 unspecified atom stereocenters. The first-order valence-corrected chi connectivity index (χ1v) is 7.14. The second-order valence-corrected chi connectivity index (χ2v) is 5.54. The van der Waals surface area contributed by atoms with E-state index in [1.54, 1.807) is 19.1 Å². The Morgan fingerprint density at radius 2 is 2.11 bits per heavy atom. The van der Waals surface area contributed by atoms with Crippen molar-refractivity contribution in [3.8, 4) is 5.75 Å². The minimum Gasteiger partial charge on any atom is -0.481 e. The van der Waals surface area contributed by atoms with E-state index in [4.69, 9.17) is 16.3 Å². The summed E-state index contributed by atoms with van der Waals surface area (Å²) in [5.74, 6) is 0.667. The molecule has 1 aromatic carbocycles. The molecule has 1 amide bonds. The van der Waals surface area contributed by atoms with Gasteiger partial charge in [0, 0.05) is 18.1 Å². The molecule has 1 aliphatic rings. The molecule has 0 radical (unpaired) electrons. The molecule has 0 saturated heterocycles. The number of carbonyl (C=O) groups is 1. The molecule has 1 atom stereocenters. The molecule has 1 aliphatic carbocycles. The number of benzene rings is 1. The van der Waals surface area contributed by atoms with Crippen LogP contribution in [0, 0.1) is 0 Å². The van der Waals surface area contributed by atoms with Crippen LogP contribution in [-0.2, 0) is 4.79 Å². The smallest absolute Gasteiger partial charge is 0.263 e. The zero-order valence-electron chi connectivity index (χ0n) is 11.4. The predicted octanol–water partition coefficient (Wildman–Crippen LogP) is 3.51. The van der Waals surface area contributed by atoms with Gasteiger partial charge in [-0.25, -0.2) is 0 Å². The number of halogens is 1. The SMILES string of the molecule is CC(Oc1cccc(Cl)c1)C(=O)N(C)C1CCCC1. The van der Waals surface area contributed by atoms with E-state index in [-0.39, 0.29) is 5.91 Å². The van der Waals surface area contributed by atoms with Gasteiger partial charge in [0.1, 0.15) is 5.75 Å². The number of amides is 1. The Kier molecular flexibility index (Phi) is 4.70. The van der Waals surface area contributed by atoms with Crippen LogP contribution in [0.2, 0.25) is 5.02 Å². The first-order chi connectivity index (χ1) is 9.08. The Balaban J connectivity index is 1.95. The highest BCUT2D eigenvalue weighted by Crippen LogP contribution is 2.24. The Bertz CT molecular complexity index is 444. The van der Waals surface area contributed by atoms with Crippen LogP contribution < -0.4 is 4.74 Å². The van der Waals surface area contributed by atoms with Gasteiger partial charge in [0.25, 0.3) is 5.91 Å². The summed E-state index contributed by atoms with van der Waals surface area (Å²) in [4.78, 5) is 14.1. The molecule has 0 heterocycles. The van der Waals surface area contributed by atoms with Crippen LogP contribution in [0.5, 0.6) is 5.75 Å². The third-order valence-corrected chi connectivity index (χ3v) is 3.91. The van der Waals surface area contributed by atoms with E-state index in [2.05, 4.69) is 0 Å². The molecule has 0 spiro atoms. The highest BCUT2D eigenvalue weighted by molar-refractivity contribution is 6.30. The Labute approximate surface area is 119 Å². The van der Waals surface area contributed by atoms with Crippen LogP contribution in [0.25, 0.3) is 0 Å². The van der Waals surface area contributed by atoms with E-state index in [1.165, 1.54) is 12.8 Å². The Hall–Kier alpha value is -1.22. The number of rotatable bonds is 4. The van der Waals surface area contributed by atoms with Gasteiger partial charge in [-0.15, -0.1) is 0 Å². The second-order valence-electron chi connectivity index (χ2n) is 5.10. The molecular weight excluding hydrogens is 262 g/mol. The molecule has 0 aliphatic heterocycles. The van der Waals surface area contributed by atoms with Crippen molar-refractivity contribution >= 4 is 17.5 Å². The zero-order chi connectivity index (χ0) is 13.8. The number of carbonyl (C=O) groups excluding carboxylic acids is 1. The summed E-state index contributed by atoms with van der Waals surface area (Å²) >= 11 is 5.90. The van der Waals surface area contributed by atoms with Crippen LogP contribution in [0.4, 0.5) is 0 Å². The van der Waals surface area contributed by atoms with Crippen molar-refractivity contribution in [1.29, 1.82) is 0 Å². The maximum atomic E-state index is 12.3. The largest absolute Gasteiger partial charge is 0.481 e. The summed E-state index contributed by atoms with van der Waals surface area (Å²) in [6.07, 6.45) is 4.15. The van der Waals surface area contributed by atoms with Crippen molar-refractivity contribution in [1.82, 2.24) is 4.90 Å². The van der Waals surface area contributed by atoms with Crippen LogP contribution >= 0.6 is 11.6 Å². The van der Waals surface area contributed by atoms with Crippen LogP contribution in [0.1, 0.15) is 32.6 Å². The number of nitrogens with zero attached hydrogens (tertiary/aromatic N) is 1. The van der Waals surface area contributed by atoms with Crippen molar-refractivity contribution in [2.75, 3.05) is 7.05 Å². The van der Waals surface area contributed by atoms with Crippen molar-refractivity contribution < 1.29 is 9.53 Å². The van der Waals surface area contributed by atoms with Gasteiger partial charge in [0.05, 0.1) is 0 Å². The summed E-state index contributed by atoms with van der Waals surface area (Å²) in [5, 5.41) is 0.612. The number of likely N-dealkylation sites (N-methyl/N-ethyl adjacent to an activating group) is 1. The highest BCUT2D eigenvalue weighted by atomic mass is 35.5. The molecule has 0 bridgehead atoms. The number of hydrogen-bond acceptors (Lipinski definition) is 2. The van der Waals surface area contributed by atoms with Crippen molar-refractivity contribution in [2.45, 2.75) is 44.8 Å². The average molecular weight is 282 g/mol. The van der Waals surface area contributed by atoms with Gasteiger partial charge >= 0.3 is 0 Å². The average Bonchev–Trinajstić information content (AvgIpc) is 2.90. The molecule has 1 aromatic rings. The van der Waals surface area contributed by atoms with E-state index < -0.39 is 6.10 Å². The van der Waals surface area contributed by atoms with Gasteiger partial charge in [-0.1, -0.05) is 30.5 Å². The molecule has 4 heteroatoms. The molecule has 3 nitrogen and oxygen atoms in total. The second kappa shape index (κ2) is 6.29. The Morgan fingerprint density at radius 1 is 1.42 bits per heavy atom. The van der Waals surface area contributed by atoms with Gasteiger partial charge in [-0.05, 0) is 38.0 Å². The number of ether oxygens (including phenoxy) is 1. The molecule has 0 N–H and O–H groups in total. The molecule has 104 valence electrons. The van der Waals surface area contributed by atoms with Gasteiger partial charge in [0.15, 0.2) is 6.10 Å². The Morgan fingerprint density at radius 3 is 2.74 bits per heavy atom. The van der Waals surface area contributed by atoms with Gasteiger partial charge in [0.2, 0.25) is 0 Å². The van der Waals surface area contributed by atoms with E-state index >= 15 is 0 Å². The topological polar surface area (TPSA) is 29.5 Å². The lowest BCUT2D eigenvalue weighted by Gasteiger charge is -2.27. The van der Waals surface area contributed by atoms with Crippen LogP contribution in [0.3, 0.4) is 0 Å². The standard InChI is InChI=1S/C15H20ClNO2/c1-11(19-14-9-5-6-12(16)10-14)15(18)17(2)13-7-3-4-8-13/h5-6,9-11,13H,3-4,7-8H2,1-2H3. The summed E-state index contributed by atoms with van der Waals surface area (Å²) in [6, 6.07) is 7.51. The maximum absolute atomic E-state index is 12.3. The third kappa shape index (κ3) is 3.63. The van der Waals surface area contributed by atoms with Gasteiger partial charge in [-0.3, -0.25) is 4.79 Å². The molecule has 1 saturated carbocycles. The van der Waals surface area contributed by atoms with Crippen molar-refractivity contribution in [3.63, 3.8) is 0 Å². The summed E-state index contributed by atoms with van der Waals surface area (Å²) in [6.45, 7) is 1.79. The van der Waals surface area contributed by atoms with E-state index in [0.717, 1.165) is 12.8 Å². The first-order valence-electron chi connectivity index (χ1n) is 6.77. The summed E-state index contributed by atoms with van der Waals surface area (Å²) in [7, 11) is 1.87. The number of hydrogen-bond donors (Lipinski definition) is 0. The quantitative estimate of drug-likeness (QED) is 0.845. The lowest BCUT2D eigenvalue weighted by molar-refractivity contribution is -0.138. The van der Waals surface area contributed by atoms with Crippen LogP contribution in [0.15, 0.2) is 24.3 Å². The predicted molar refractivity (Wildman–Crippen MR) is 76.6 cm³/mol. The van der Waals surface area contributed by atoms with E-state index in [0.29, 0.717) is 16.8 Å². The fourth-order valence-electron chi connectivity index (χ4n) is 2.55. The van der Waals surface area contributed by atoms with Crippen molar-refractivity contribution in [3.05, 3.63) is 29.3 Å². The lowest BCUT2D eigenvalue weighted by atomic mass is 10.2. The minimum absolute atomic E-state index is 0.0341. The fourth-order valence-corrected chi connectivity index (χ4v) is 2.73. The lowest BCUT2D eigenvalue weighted by Crippen LogP contribution is -2.42. The molecule has 1 fully saturated rings. The minimum atomic E-state index is -0.482. The fraction of sp³-hybridized carbons (Fsp3) is 0.533. The van der Waals surface area contributed by atoms with Crippen molar-refractivity contribution in [2.24, 2.45) is 0 Å². The van der Waals surface area contributed by atoms with Gasteiger partial charge < -0.3 is 9.64 Å². The molecule has 19 heavy (non-hydrogen) atoms. The first kappa shape index (κ1) is 14.2. The maximum Gasteiger partial charge on any atom is 0.263 e. The zero-order valence-corrected chi connectivity index (χ0v) is 12.2. The molecular formula is C15H20ClNO2. The van der Waals surface area contributed by atoms with E-state index in [1.807, 2.05) is 24.1 Å². The summed E-state index contributed by atoms with van der Waals surface area (Å²) < 4.78 is 5.66. The molecule has 0 aromatic heterocycles. The molecule has 2 rings (SSSR count).